The van der Waals surface area contributed by atoms with E-state index in [-0.39, 0.29) is 12.7 Å². The molecule has 0 bridgehead atoms. The summed E-state index contributed by atoms with van der Waals surface area (Å²) in [6.07, 6.45) is 2.34. The summed E-state index contributed by atoms with van der Waals surface area (Å²) >= 11 is 1.98. The van der Waals surface area contributed by atoms with E-state index in [1.54, 1.807) is 0 Å². The standard InChI is InChI=1S/C9H13F2IN2O/c1-3-6(2)15-5-8-7(12)4-14(13-8)9(10)11/h4,6,9H,3,5H2,1-2H3/t6-/m0/s1. The molecule has 3 nitrogen and oxygen atoms in total. The average molecular weight is 330 g/mol. The maximum atomic E-state index is 12.3. The second-order valence-electron chi connectivity index (χ2n) is 3.21. The van der Waals surface area contributed by atoms with Crippen molar-refractivity contribution in [3.63, 3.8) is 0 Å². The quantitative estimate of drug-likeness (QED) is 0.776. The number of alkyl halides is 2. The van der Waals surface area contributed by atoms with Crippen molar-refractivity contribution in [1.82, 2.24) is 9.78 Å². The lowest BCUT2D eigenvalue weighted by molar-refractivity contribution is 0.0413. The third kappa shape index (κ3) is 3.67. The molecular formula is C9H13F2IN2O. The summed E-state index contributed by atoms with van der Waals surface area (Å²) in [4.78, 5) is 0. The van der Waals surface area contributed by atoms with Crippen LogP contribution in [-0.4, -0.2) is 15.9 Å². The monoisotopic (exact) mass is 330 g/mol. The van der Waals surface area contributed by atoms with Crippen LogP contribution in [0.3, 0.4) is 0 Å². The van der Waals surface area contributed by atoms with E-state index in [9.17, 15) is 8.78 Å². The molecule has 6 heteroatoms. The molecule has 0 aliphatic rings. The van der Waals surface area contributed by atoms with Crippen molar-refractivity contribution in [1.29, 1.82) is 0 Å². The summed E-state index contributed by atoms with van der Waals surface area (Å²) in [6.45, 7) is 1.65. The van der Waals surface area contributed by atoms with Gasteiger partial charge < -0.3 is 4.74 Å². The van der Waals surface area contributed by atoms with Gasteiger partial charge in [0, 0.05) is 6.20 Å². The summed E-state index contributed by atoms with van der Waals surface area (Å²) in [5.74, 6) is 0. The van der Waals surface area contributed by atoms with Gasteiger partial charge in [-0.25, -0.2) is 4.68 Å². The predicted octanol–water partition coefficient (Wildman–Crippen LogP) is 3.20. The maximum absolute atomic E-state index is 12.3. The van der Waals surface area contributed by atoms with E-state index in [0.717, 1.165) is 6.42 Å². The van der Waals surface area contributed by atoms with Gasteiger partial charge in [0.2, 0.25) is 0 Å². The molecule has 0 N–H and O–H groups in total. The number of aromatic nitrogens is 2. The first-order chi connectivity index (χ1) is 7.04. The molecule has 0 saturated carbocycles. The summed E-state index contributed by atoms with van der Waals surface area (Å²) in [5, 5.41) is 3.75. The second kappa shape index (κ2) is 5.74. The first-order valence-electron chi connectivity index (χ1n) is 4.67. The fourth-order valence-corrected chi connectivity index (χ4v) is 1.49. The molecule has 0 aliphatic carbocycles. The molecule has 0 fully saturated rings. The van der Waals surface area contributed by atoms with Crippen LogP contribution < -0.4 is 0 Å². The second-order valence-corrected chi connectivity index (χ2v) is 4.37. The Morgan fingerprint density at radius 3 is 2.73 bits per heavy atom. The molecule has 0 amide bonds. The van der Waals surface area contributed by atoms with Gasteiger partial charge in [-0.1, -0.05) is 6.92 Å². The molecule has 86 valence electrons. The lowest BCUT2D eigenvalue weighted by atomic mass is 10.3. The number of hydrogen-bond donors (Lipinski definition) is 0. The Bertz CT molecular complexity index is 317. The lowest BCUT2D eigenvalue weighted by Gasteiger charge is -2.08. The van der Waals surface area contributed by atoms with Crippen molar-refractivity contribution < 1.29 is 13.5 Å². The highest BCUT2D eigenvalue weighted by Crippen LogP contribution is 2.17. The van der Waals surface area contributed by atoms with Crippen LogP contribution in [-0.2, 0) is 11.3 Å². The number of nitrogens with zero attached hydrogens (tertiary/aromatic N) is 2. The van der Waals surface area contributed by atoms with Crippen molar-refractivity contribution in [2.24, 2.45) is 0 Å². The Morgan fingerprint density at radius 2 is 2.27 bits per heavy atom. The van der Waals surface area contributed by atoms with Crippen molar-refractivity contribution in [2.75, 3.05) is 0 Å². The van der Waals surface area contributed by atoms with Crippen molar-refractivity contribution in [2.45, 2.75) is 39.5 Å². The summed E-state index contributed by atoms with van der Waals surface area (Å²) in [5.41, 5.74) is 0.566. The SMILES string of the molecule is CC[C@H](C)OCc1nn(C(F)F)cc1I. The van der Waals surface area contributed by atoms with E-state index in [4.69, 9.17) is 4.74 Å². The Hall–Kier alpha value is -0.240. The largest absolute Gasteiger partial charge is 0.372 e. The Labute approximate surface area is 101 Å². The Balaban J connectivity index is 2.61. The van der Waals surface area contributed by atoms with Gasteiger partial charge in [-0.3, -0.25) is 0 Å². The van der Waals surface area contributed by atoms with Gasteiger partial charge in [-0.15, -0.1) is 0 Å². The third-order valence-corrected chi connectivity index (χ3v) is 2.94. The summed E-state index contributed by atoms with van der Waals surface area (Å²) in [7, 11) is 0. The fourth-order valence-electron chi connectivity index (χ4n) is 0.944. The number of hydrogen-bond acceptors (Lipinski definition) is 2. The van der Waals surface area contributed by atoms with Gasteiger partial charge in [-0.05, 0) is 35.9 Å². The van der Waals surface area contributed by atoms with E-state index < -0.39 is 6.55 Å². The smallest absolute Gasteiger partial charge is 0.333 e. The molecule has 1 rings (SSSR count). The maximum Gasteiger partial charge on any atom is 0.333 e. The molecule has 1 aromatic rings. The number of ether oxygens (including phenoxy) is 1. The topological polar surface area (TPSA) is 27.1 Å². The van der Waals surface area contributed by atoms with Crippen LogP contribution in [0.1, 0.15) is 32.5 Å². The third-order valence-electron chi connectivity index (χ3n) is 2.04. The molecule has 0 aliphatic heterocycles. The highest BCUT2D eigenvalue weighted by Gasteiger charge is 2.13. The molecule has 1 aromatic heterocycles. The van der Waals surface area contributed by atoms with Gasteiger partial charge in [0.25, 0.3) is 0 Å². The Morgan fingerprint density at radius 1 is 1.60 bits per heavy atom. The minimum Gasteiger partial charge on any atom is -0.372 e. The average Bonchev–Trinajstić information content (AvgIpc) is 2.56. The van der Waals surface area contributed by atoms with E-state index in [1.165, 1.54) is 6.20 Å². The van der Waals surface area contributed by atoms with Gasteiger partial charge in [0.05, 0.1) is 16.3 Å². The van der Waals surface area contributed by atoms with E-state index in [1.807, 2.05) is 36.4 Å². The number of halogens is 3. The lowest BCUT2D eigenvalue weighted by Crippen LogP contribution is -2.07. The molecule has 0 radical (unpaired) electrons. The van der Waals surface area contributed by atoms with Gasteiger partial charge in [0.15, 0.2) is 0 Å². The van der Waals surface area contributed by atoms with Crippen LogP contribution in [0.25, 0.3) is 0 Å². The highest BCUT2D eigenvalue weighted by molar-refractivity contribution is 14.1. The van der Waals surface area contributed by atoms with E-state index in [0.29, 0.717) is 13.9 Å². The zero-order valence-corrected chi connectivity index (χ0v) is 10.7. The molecule has 1 heterocycles. The molecule has 1 atom stereocenters. The van der Waals surface area contributed by atoms with E-state index in [2.05, 4.69) is 5.10 Å². The predicted molar refractivity (Wildman–Crippen MR) is 60.7 cm³/mol. The van der Waals surface area contributed by atoms with Crippen molar-refractivity contribution in [3.05, 3.63) is 15.5 Å². The zero-order valence-electron chi connectivity index (χ0n) is 8.58. The van der Waals surface area contributed by atoms with Gasteiger partial charge in [0.1, 0.15) is 5.69 Å². The van der Waals surface area contributed by atoms with Gasteiger partial charge in [-0.2, -0.15) is 13.9 Å². The van der Waals surface area contributed by atoms with E-state index >= 15 is 0 Å². The normalized spacial score (nSPS) is 13.5. The number of rotatable bonds is 5. The van der Waals surface area contributed by atoms with Crippen LogP contribution in [0.4, 0.5) is 8.78 Å². The van der Waals surface area contributed by atoms with Crippen LogP contribution in [0, 0.1) is 3.57 Å². The first-order valence-corrected chi connectivity index (χ1v) is 5.75. The molecule has 0 saturated heterocycles. The molecular weight excluding hydrogens is 317 g/mol. The van der Waals surface area contributed by atoms with Crippen molar-refractivity contribution in [3.8, 4) is 0 Å². The molecule has 0 spiro atoms. The van der Waals surface area contributed by atoms with Crippen LogP contribution >= 0.6 is 22.6 Å². The van der Waals surface area contributed by atoms with Crippen LogP contribution in [0.2, 0.25) is 0 Å². The minimum atomic E-state index is -2.59. The highest BCUT2D eigenvalue weighted by atomic mass is 127. The first kappa shape index (κ1) is 12.8. The minimum absolute atomic E-state index is 0.123. The summed E-state index contributed by atoms with van der Waals surface area (Å²) < 4.78 is 31.3. The van der Waals surface area contributed by atoms with Crippen LogP contribution in [0.5, 0.6) is 0 Å². The molecule has 0 aromatic carbocycles. The van der Waals surface area contributed by atoms with Crippen molar-refractivity contribution >= 4 is 22.6 Å². The van der Waals surface area contributed by atoms with Crippen LogP contribution in [0.15, 0.2) is 6.20 Å². The zero-order chi connectivity index (χ0) is 11.4. The summed E-state index contributed by atoms with van der Waals surface area (Å²) in [6, 6.07) is 0. The Kier molecular flexibility index (Phi) is 4.91. The van der Waals surface area contributed by atoms with Gasteiger partial charge >= 0.3 is 6.55 Å². The molecule has 15 heavy (non-hydrogen) atoms. The molecule has 0 unspecified atom stereocenters. The fraction of sp³-hybridized carbons (Fsp3) is 0.667.